The third-order valence-corrected chi connectivity index (χ3v) is 5.43. The van der Waals surface area contributed by atoms with E-state index in [2.05, 4.69) is 19.2 Å². The normalized spacial score (nSPS) is 24.3. The van der Waals surface area contributed by atoms with Gasteiger partial charge in [0.2, 0.25) is 0 Å². The summed E-state index contributed by atoms with van der Waals surface area (Å²) >= 11 is 1.95. The Morgan fingerprint density at radius 3 is 3.05 bits per heavy atom. The van der Waals surface area contributed by atoms with Crippen LogP contribution < -0.4 is 10.1 Å². The Bertz CT molecular complexity index is 533. The minimum atomic E-state index is -0.411. The van der Waals surface area contributed by atoms with E-state index < -0.39 is 6.10 Å². The SMILES string of the molecule is CC1(C)CCN(C(=O)C2CNc3ccccc3O2)CCS1. The summed E-state index contributed by atoms with van der Waals surface area (Å²) < 4.78 is 6.14. The molecule has 2 heterocycles. The van der Waals surface area contributed by atoms with Gasteiger partial charge >= 0.3 is 0 Å². The van der Waals surface area contributed by atoms with Gasteiger partial charge in [-0.25, -0.2) is 0 Å². The predicted molar refractivity (Wildman–Crippen MR) is 87.1 cm³/mol. The van der Waals surface area contributed by atoms with Crippen LogP contribution in [0.1, 0.15) is 20.3 Å². The van der Waals surface area contributed by atoms with Gasteiger partial charge in [-0.15, -0.1) is 0 Å². The Hall–Kier alpha value is -1.36. The molecule has 1 unspecified atom stereocenters. The molecule has 1 N–H and O–H groups in total. The molecule has 1 saturated heterocycles. The van der Waals surface area contributed by atoms with Gasteiger partial charge in [0.25, 0.3) is 5.91 Å². The van der Waals surface area contributed by atoms with Crippen LogP contribution in [0, 0.1) is 0 Å². The van der Waals surface area contributed by atoms with E-state index in [1.807, 2.05) is 40.9 Å². The second-order valence-corrected chi connectivity index (χ2v) is 7.97. The molecule has 1 fully saturated rings. The van der Waals surface area contributed by atoms with Crippen molar-refractivity contribution < 1.29 is 9.53 Å². The molecule has 0 radical (unpaired) electrons. The van der Waals surface area contributed by atoms with Crippen LogP contribution in [-0.2, 0) is 4.79 Å². The number of ether oxygens (including phenoxy) is 1. The number of nitrogens with zero attached hydrogens (tertiary/aromatic N) is 1. The lowest BCUT2D eigenvalue weighted by molar-refractivity contribution is -0.138. The molecule has 1 atom stereocenters. The maximum atomic E-state index is 12.7. The monoisotopic (exact) mass is 306 g/mol. The molecule has 2 aliphatic rings. The smallest absolute Gasteiger partial charge is 0.265 e. The molecule has 2 aliphatic heterocycles. The fourth-order valence-electron chi connectivity index (χ4n) is 2.70. The molecular weight excluding hydrogens is 284 g/mol. The van der Waals surface area contributed by atoms with Crippen molar-refractivity contribution in [1.82, 2.24) is 4.90 Å². The van der Waals surface area contributed by atoms with Crippen molar-refractivity contribution in [2.24, 2.45) is 0 Å². The summed E-state index contributed by atoms with van der Waals surface area (Å²) in [5.74, 6) is 1.87. The van der Waals surface area contributed by atoms with Crippen molar-refractivity contribution in [2.45, 2.75) is 31.1 Å². The lowest BCUT2D eigenvalue weighted by Gasteiger charge is -2.31. The van der Waals surface area contributed by atoms with E-state index in [-0.39, 0.29) is 10.7 Å². The number of amides is 1. The molecule has 0 spiro atoms. The molecule has 1 amide bonds. The highest BCUT2D eigenvalue weighted by Crippen LogP contribution is 2.32. The summed E-state index contributed by atoms with van der Waals surface area (Å²) in [5.41, 5.74) is 0.967. The Morgan fingerprint density at radius 1 is 1.38 bits per heavy atom. The van der Waals surface area contributed by atoms with E-state index in [4.69, 9.17) is 4.74 Å². The lowest BCUT2D eigenvalue weighted by Crippen LogP contribution is -2.47. The van der Waals surface area contributed by atoms with Gasteiger partial charge in [0.05, 0.1) is 12.2 Å². The molecule has 0 bridgehead atoms. The van der Waals surface area contributed by atoms with E-state index in [1.165, 1.54) is 0 Å². The fourth-order valence-corrected chi connectivity index (χ4v) is 3.79. The van der Waals surface area contributed by atoms with E-state index >= 15 is 0 Å². The highest BCUT2D eigenvalue weighted by atomic mass is 32.2. The van der Waals surface area contributed by atoms with E-state index in [9.17, 15) is 4.79 Å². The quantitative estimate of drug-likeness (QED) is 0.866. The number of hydrogen-bond acceptors (Lipinski definition) is 4. The third-order valence-electron chi connectivity index (χ3n) is 4.06. The first kappa shape index (κ1) is 14.6. The summed E-state index contributed by atoms with van der Waals surface area (Å²) in [7, 11) is 0. The molecule has 1 aromatic rings. The minimum Gasteiger partial charge on any atom is -0.477 e. The largest absolute Gasteiger partial charge is 0.477 e. The number of fused-ring (bicyclic) bond motifs is 1. The topological polar surface area (TPSA) is 41.6 Å². The Labute approximate surface area is 130 Å². The van der Waals surface area contributed by atoms with Crippen molar-refractivity contribution in [3.8, 4) is 5.75 Å². The number of benzene rings is 1. The van der Waals surface area contributed by atoms with Crippen LogP contribution in [0.3, 0.4) is 0 Å². The van der Waals surface area contributed by atoms with E-state index in [0.717, 1.165) is 36.7 Å². The maximum Gasteiger partial charge on any atom is 0.265 e. The van der Waals surface area contributed by atoms with Crippen molar-refractivity contribution >= 4 is 23.4 Å². The number of hydrogen-bond donors (Lipinski definition) is 1. The zero-order chi connectivity index (χ0) is 14.9. The molecular formula is C16H22N2O2S. The standard InChI is InChI=1S/C16H22N2O2S/c1-16(2)7-8-18(9-10-21-16)15(19)14-11-17-12-5-3-4-6-13(12)20-14/h3-6,14,17H,7-11H2,1-2H3. The van der Waals surface area contributed by atoms with Gasteiger partial charge in [-0.3, -0.25) is 4.79 Å². The van der Waals surface area contributed by atoms with Crippen LogP contribution in [0.5, 0.6) is 5.75 Å². The first-order valence-corrected chi connectivity index (χ1v) is 8.46. The summed E-state index contributed by atoms with van der Waals surface area (Å²) in [5, 5.41) is 3.29. The van der Waals surface area contributed by atoms with Gasteiger partial charge in [0.1, 0.15) is 5.75 Å². The second-order valence-electron chi connectivity index (χ2n) is 6.17. The molecule has 0 aliphatic carbocycles. The third kappa shape index (κ3) is 3.28. The Balaban J connectivity index is 1.66. The van der Waals surface area contributed by atoms with Crippen LogP contribution >= 0.6 is 11.8 Å². The highest BCUT2D eigenvalue weighted by molar-refractivity contribution is 8.00. The number of rotatable bonds is 1. The Kier molecular flexibility index (Phi) is 4.02. The zero-order valence-electron chi connectivity index (χ0n) is 12.6. The van der Waals surface area contributed by atoms with E-state index in [0.29, 0.717) is 6.54 Å². The van der Waals surface area contributed by atoms with Crippen molar-refractivity contribution in [1.29, 1.82) is 0 Å². The summed E-state index contributed by atoms with van der Waals surface area (Å²) in [6, 6.07) is 7.77. The summed E-state index contributed by atoms with van der Waals surface area (Å²) in [6.45, 7) is 6.68. The first-order chi connectivity index (χ1) is 10.1. The summed E-state index contributed by atoms with van der Waals surface area (Å²) in [6.07, 6.45) is 0.617. The van der Waals surface area contributed by atoms with Crippen LogP contribution in [-0.4, -0.2) is 47.0 Å². The molecule has 0 saturated carbocycles. The van der Waals surface area contributed by atoms with Crippen LogP contribution in [0.15, 0.2) is 24.3 Å². The van der Waals surface area contributed by atoms with Crippen LogP contribution in [0.25, 0.3) is 0 Å². The number of carbonyl (C=O) groups excluding carboxylic acids is 1. The number of para-hydroxylation sites is 2. The van der Waals surface area contributed by atoms with Gasteiger partial charge in [-0.05, 0) is 18.6 Å². The Morgan fingerprint density at radius 2 is 2.19 bits per heavy atom. The van der Waals surface area contributed by atoms with Crippen molar-refractivity contribution in [2.75, 3.05) is 30.7 Å². The van der Waals surface area contributed by atoms with Gasteiger partial charge in [0.15, 0.2) is 6.10 Å². The molecule has 4 nitrogen and oxygen atoms in total. The highest BCUT2D eigenvalue weighted by Gasteiger charge is 2.32. The van der Waals surface area contributed by atoms with Gasteiger partial charge in [-0.1, -0.05) is 26.0 Å². The number of thioether (sulfide) groups is 1. The molecule has 3 rings (SSSR count). The summed E-state index contributed by atoms with van der Waals surface area (Å²) in [4.78, 5) is 14.6. The van der Waals surface area contributed by atoms with Crippen LogP contribution in [0.4, 0.5) is 5.69 Å². The van der Waals surface area contributed by atoms with Crippen molar-refractivity contribution in [3.05, 3.63) is 24.3 Å². The number of anilines is 1. The number of nitrogens with one attached hydrogen (secondary N) is 1. The molecule has 1 aromatic carbocycles. The average Bonchev–Trinajstić information content (AvgIpc) is 2.67. The maximum absolute atomic E-state index is 12.7. The second kappa shape index (κ2) is 5.79. The predicted octanol–water partition coefficient (Wildman–Crippen LogP) is 2.60. The van der Waals surface area contributed by atoms with Crippen molar-refractivity contribution in [3.63, 3.8) is 0 Å². The minimum absolute atomic E-state index is 0.107. The molecule has 21 heavy (non-hydrogen) atoms. The average molecular weight is 306 g/mol. The van der Waals surface area contributed by atoms with Crippen LogP contribution in [0.2, 0.25) is 0 Å². The molecule has 114 valence electrons. The van der Waals surface area contributed by atoms with Gasteiger partial charge in [-0.2, -0.15) is 11.8 Å². The van der Waals surface area contributed by atoms with E-state index in [1.54, 1.807) is 0 Å². The first-order valence-electron chi connectivity index (χ1n) is 7.47. The lowest BCUT2D eigenvalue weighted by atomic mass is 10.1. The molecule has 0 aromatic heterocycles. The van der Waals surface area contributed by atoms with Gasteiger partial charge in [0, 0.05) is 23.6 Å². The fraction of sp³-hybridized carbons (Fsp3) is 0.562. The number of carbonyl (C=O) groups is 1. The van der Waals surface area contributed by atoms with Gasteiger partial charge < -0.3 is 15.0 Å². The zero-order valence-corrected chi connectivity index (χ0v) is 13.4. The molecule has 5 heteroatoms.